The zero-order valence-corrected chi connectivity index (χ0v) is 20.3. The van der Waals surface area contributed by atoms with E-state index in [2.05, 4.69) is 6.58 Å². The molecule has 3 saturated carbocycles. The van der Waals surface area contributed by atoms with Gasteiger partial charge in [0.1, 0.15) is 12.7 Å². The van der Waals surface area contributed by atoms with Gasteiger partial charge in [-0.2, -0.15) is 0 Å². The molecular formula is C26H32O8. The molecule has 2 bridgehead atoms. The maximum Gasteiger partial charge on any atom is 0.303 e. The van der Waals surface area contributed by atoms with Crippen LogP contribution in [-0.2, 0) is 38.2 Å². The zero-order chi connectivity index (χ0) is 25.2. The van der Waals surface area contributed by atoms with Crippen molar-refractivity contribution in [2.45, 2.75) is 66.1 Å². The van der Waals surface area contributed by atoms with E-state index in [-0.39, 0.29) is 24.1 Å². The Bertz CT molecular complexity index is 1020. The maximum absolute atomic E-state index is 14.4. The molecule has 0 radical (unpaired) electrons. The first-order valence-corrected chi connectivity index (χ1v) is 11.7. The largest absolute Gasteiger partial charge is 0.465 e. The van der Waals surface area contributed by atoms with E-state index in [1.54, 1.807) is 6.08 Å². The number of rotatable bonds is 4. The van der Waals surface area contributed by atoms with Gasteiger partial charge in [-0.1, -0.05) is 26.5 Å². The summed E-state index contributed by atoms with van der Waals surface area (Å²) in [5, 5.41) is 0. The quantitative estimate of drug-likeness (QED) is 0.349. The first-order chi connectivity index (χ1) is 15.8. The van der Waals surface area contributed by atoms with Gasteiger partial charge in [0.2, 0.25) is 0 Å². The smallest absolute Gasteiger partial charge is 0.303 e. The van der Waals surface area contributed by atoms with Crippen LogP contribution in [0.2, 0.25) is 0 Å². The van der Waals surface area contributed by atoms with Gasteiger partial charge in [-0.25, -0.2) is 0 Å². The molecule has 0 saturated heterocycles. The number of fused-ring (bicyclic) bond motifs is 3. The summed E-state index contributed by atoms with van der Waals surface area (Å²) in [7, 11) is 0. The molecule has 0 unspecified atom stereocenters. The van der Waals surface area contributed by atoms with Crippen molar-refractivity contribution in [2.24, 2.45) is 34.0 Å². The summed E-state index contributed by atoms with van der Waals surface area (Å²) >= 11 is 0. The van der Waals surface area contributed by atoms with Crippen LogP contribution in [0.5, 0.6) is 0 Å². The third kappa shape index (κ3) is 3.21. The van der Waals surface area contributed by atoms with Gasteiger partial charge in [0.05, 0.1) is 10.8 Å². The summed E-state index contributed by atoms with van der Waals surface area (Å²) in [6, 6.07) is 0. The number of carbonyl (C=O) groups is 5. The summed E-state index contributed by atoms with van der Waals surface area (Å²) < 4.78 is 16.9. The lowest BCUT2D eigenvalue weighted by atomic mass is 9.40. The molecule has 184 valence electrons. The van der Waals surface area contributed by atoms with Crippen molar-refractivity contribution in [3.63, 3.8) is 0 Å². The summed E-state index contributed by atoms with van der Waals surface area (Å²) in [6.45, 7) is 11.4. The molecule has 8 nitrogen and oxygen atoms in total. The molecule has 34 heavy (non-hydrogen) atoms. The lowest BCUT2D eigenvalue weighted by Crippen LogP contribution is -2.72. The Balaban J connectivity index is 2.02. The molecule has 8 heteroatoms. The van der Waals surface area contributed by atoms with Crippen LogP contribution in [0.4, 0.5) is 0 Å². The minimum Gasteiger partial charge on any atom is -0.465 e. The van der Waals surface area contributed by atoms with Crippen molar-refractivity contribution in [2.75, 3.05) is 6.61 Å². The summed E-state index contributed by atoms with van der Waals surface area (Å²) in [6.07, 6.45) is 2.52. The van der Waals surface area contributed by atoms with E-state index < -0.39 is 58.2 Å². The second-order valence-corrected chi connectivity index (χ2v) is 10.8. The highest BCUT2D eigenvalue weighted by Gasteiger charge is 2.77. The lowest BCUT2D eigenvalue weighted by Gasteiger charge is -2.62. The van der Waals surface area contributed by atoms with Crippen molar-refractivity contribution >= 4 is 29.5 Å². The molecule has 7 atom stereocenters. The summed E-state index contributed by atoms with van der Waals surface area (Å²) in [5.74, 6) is -3.79. The van der Waals surface area contributed by atoms with Crippen molar-refractivity contribution in [1.29, 1.82) is 0 Å². The number of hydrogen-bond acceptors (Lipinski definition) is 8. The second kappa shape index (κ2) is 7.89. The molecule has 1 spiro atoms. The molecule has 4 aliphatic rings. The van der Waals surface area contributed by atoms with Crippen LogP contribution < -0.4 is 0 Å². The van der Waals surface area contributed by atoms with E-state index in [0.29, 0.717) is 24.8 Å². The Kier molecular flexibility index (Phi) is 5.65. The van der Waals surface area contributed by atoms with Crippen molar-refractivity contribution in [3.05, 3.63) is 24.3 Å². The molecule has 0 amide bonds. The van der Waals surface area contributed by atoms with Gasteiger partial charge in [0, 0.05) is 26.7 Å². The molecule has 0 aromatic rings. The fourth-order valence-corrected chi connectivity index (χ4v) is 7.51. The minimum atomic E-state index is -1.33. The number of hydrogen-bond donors (Lipinski definition) is 0. The Labute approximate surface area is 199 Å². The van der Waals surface area contributed by atoms with Gasteiger partial charge in [-0.3, -0.25) is 24.0 Å². The summed E-state index contributed by atoms with van der Waals surface area (Å²) in [5.41, 5.74) is -2.70. The first kappa shape index (κ1) is 24.4. The molecule has 0 aliphatic heterocycles. The number of Topliss-reactive ketones (excluding diaryl/α,β-unsaturated/α-hetero) is 1. The number of ketones is 2. The standard InChI is InChI=1S/C26H32O8/c1-13-17-7-8-18-25(11-17,23(13)34-16(4)29)22(31)20(33-15(3)28)21-24(5,6)10-9-19(30)26(18,21)12-32-14(2)27/h9-10,17-18,20-21,23H,1,7-8,11-12H2,2-6H3/t17-,18-,20+,21-,23-,25-,26-/m1/s1. The molecule has 4 rings (SSSR count). The van der Waals surface area contributed by atoms with Gasteiger partial charge in [-0.05, 0) is 48.2 Å². The third-order valence-electron chi connectivity index (χ3n) is 8.55. The fraction of sp³-hybridized carbons (Fsp3) is 0.654. The van der Waals surface area contributed by atoms with Crippen molar-refractivity contribution in [3.8, 4) is 0 Å². The number of esters is 3. The lowest BCUT2D eigenvalue weighted by molar-refractivity contribution is -0.218. The second-order valence-electron chi connectivity index (χ2n) is 10.8. The van der Waals surface area contributed by atoms with Crippen LogP contribution in [0.25, 0.3) is 0 Å². The predicted octanol–water partition coefficient (Wildman–Crippen LogP) is 2.74. The molecule has 4 aliphatic carbocycles. The van der Waals surface area contributed by atoms with E-state index in [1.807, 2.05) is 13.8 Å². The average molecular weight is 473 g/mol. The molecule has 0 N–H and O–H groups in total. The van der Waals surface area contributed by atoms with E-state index in [9.17, 15) is 24.0 Å². The summed E-state index contributed by atoms with van der Waals surface area (Å²) in [4.78, 5) is 64.5. The Morgan fingerprint density at radius 2 is 1.68 bits per heavy atom. The highest BCUT2D eigenvalue weighted by atomic mass is 16.6. The van der Waals surface area contributed by atoms with Gasteiger partial charge in [0.25, 0.3) is 0 Å². The van der Waals surface area contributed by atoms with Crippen molar-refractivity contribution < 1.29 is 38.2 Å². The van der Waals surface area contributed by atoms with Gasteiger partial charge >= 0.3 is 17.9 Å². The monoisotopic (exact) mass is 472 g/mol. The Morgan fingerprint density at radius 3 is 2.26 bits per heavy atom. The number of allylic oxidation sites excluding steroid dienone is 2. The van der Waals surface area contributed by atoms with Crippen LogP contribution in [0, 0.1) is 34.0 Å². The first-order valence-electron chi connectivity index (χ1n) is 11.7. The predicted molar refractivity (Wildman–Crippen MR) is 119 cm³/mol. The van der Waals surface area contributed by atoms with E-state index in [1.165, 1.54) is 26.8 Å². The van der Waals surface area contributed by atoms with E-state index in [0.717, 1.165) is 0 Å². The average Bonchev–Trinajstić information content (AvgIpc) is 2.93. The van der Waals surface area contributed by atoms with E-state index in [4.69, 9.17) is 14.2 Å². The van der Waals surface area contributed by atoms with Gasteiger partial charge in [0.15, 0.2) is 17.7 Å². The van der Waals surface area contributed by atoms with Gasteiger partial charge in [-0.15, -0.1) is 0 Å². The molecular weight excluding hydrogens is 440 g/mol. The Morgan fingerprint density at radius 1 is 1.03 bits per heavy atom. The highest BCUT2D eigenvalue weighted by Crippen LogP contribution is 2.70. The van der Waals surface area contributed by atoms with Crippen LogP contribution in [0.1, 0.15) is 53.9 Å². The fourth-order valence-electron chi connectivity index (χ4n) is 7.51. The molecule has 0 aromatic carbocycles. The third-order valence-corrected chi connectivity index (χ3v) is 8.55. The molecule has 3 fully saturated rings. The molecule has 0 heterocycles. The van der Waals surface area contributed by atoms with Crippen LogP contribution >= 0.6 is 0 Å². The van der Waals surface area contributed by atoms with Crippen LogP contribution in [0.15, 0.2) is 24.3 Å². The SMILES string of the molecule is C=C1[C@@H]2CC[C@@H]3[C@](C2)(C(=O)[C@@H](OC(C)=O)[C@@H]2C(C)(C)C=CC(=O)[C@@]32COC(C)=O)[C@@H]1OC(C)=O. The topological polar surface area (TPSA) is 113 Å². The normalized spacial score (nSPS) is 39.7. The molecule has 0 aromatic heterocycles. The maximum atomic E-state index is 14.4. The van der Waals surface area contributed by atoms with Crippen molar-refractivity contribution in [1.82, 2.24) is 0 Å². The zero-order valence-electron chi connectivity index (χ0n) is 20.3. The van der Waals surface area contributed by atoms with E-state index >= 15 is 0 Å². The van der Waals surface area contributed by atoms with Crippen LogP contribution in [-0.4, -0.2) is 48.3 Å². The number of carbonyl (C=O) groups excluding carboxylic acids is 5. The minimum absolute atomic E-state index is 0.0629. The highest BCUT2D eigenvalue weighted by molar-refractivity contribution is 6.03. The van der Waals surface area contributed by atoms with Crippen LogP contribution in [0.3, 0.4) is 0 Å². The number of ether oxygens (including phenoxy) is 3. The van der Waals surface area contributed by atoms with Gasteiger partial charge < -0.3 is 14.2 Å². The Hall–Kier alpha value is -2.77.